The van der Waals surface area contributed by atoms with E-state index < -0.39 is 0 Å². The van der Waals surface area contributed by atoms with Crippen molar-refractivity contribution in [3.8, 4) is 5.75 Å². The second-order valence-corrected chi connectivity index (χ2v) is 5.90. The maximum Gasteiger partial charge on any atom is 2.00 e. The summed E-state index contributed by atoms with van der Waals surface area (Å²) in [4.78, 5) is 0. The van der Waals surface area contributed by atoms with Crippen LogP contribution in [0.2, 0.25) is 5.02 Å². The Morgan fingerprint density at radius 1 is 1.33 bits per heavy atom. The summed E-state index contributed by atoms with van der Waals surface area (Å²) in [5, 5.41) is 18.8. The van der Waals surface area contributed by atoms with E-state index in [9.17, 15) is 5.11 Å². The summed E-state index contributed by atoms with van der Waals surface area (Å²) < 4.78 is 0.367. The second kappa shape index (κ2) is 19.3. The van der Waals surface area contributed by atoms with Crippen molar-refractivity contribution in [2.45, 2.75) is 39.5 Å². The van der Waals surface area contributed by atoms with Crippen LogP contribution in [0.4, 0.5) is 0 Å². The number of benzene rings is 1. The Hall–Kier alpha value is -0.0513. The average Bonchev–Trinajstić information content (AvgIpc) is 2.52. The third-order valence-corrected chi connectivity index (χ3v) is 2.99. The van der Waals surface area contributed by atoms with Gasteiger partial charge in [-0.2, -0.15) is 10.2 Å². The molecule has 1 aromatic rings. The van der Waals surface area contributed by atoms with Gasteiger partial charge in [0.15, 0.2) is 0 Å². The number of hydrogen-bond donors (Lipinski definition) is 1. The summed E-state index contributed by atoms with van der Waals surface area (Å²) >= 11 is 13.3. The zero-order valence-electron chi connectivity index (χ0n) is 14.0. The number of nitrogens with two attached hydrogens (primary N) is 1. The summed E-state index contributed by atoms with van der Waals surface area (Å²) in [6.07, 6.45) is 5.80. The van der Waals surface area contributed by atoms with Crippen molar-refractivity contribution in [3.05, 3.63) is 41.0 Å². The molecule has 0 unspecified atom stereocenters. The van der Waals surface area contributed by atoms with Gasteiger partial charge >= 0.3 is 23.9 Å². The Labute approximate surface area is 181 Å². The summed E-state index contributed by atoms with van der Waals surface area (Å²) in [6.45, 7) is 11.4. The summed E-state index contributed by atoms with van der Waals surface area (Å²) in [7, 11) is 0. The van der Waals surface area contributed by atoms with Gasteiger partial charge in [-0.15, -0.1) is 0 Å². The van der Waals surface area contributed by atoms with Gasteiger partial charge in [-0.3, -0.25) is 0 Å². The smallest absolute Gasteiger partial charge is 0.871 e. The van der Waals surface area contributed by atoms with E-state index in [0.29, 0.717) is 15.1 Å². The van der Waals surface area contributed by atoms with Crippen molar-refractivity contribution in [1.29, 1.82) is 0 Å². The maximum atomic E-state index is 11.5. The van der Waals surface area contributed by atoms with Gasteiger partial charge in [0.05, 0.1) is 6.21 Å². The first-order valence-corrected chi connectivity index (χ1v) is 8.69. The minimum atomic E-state index is -0.221. The molecule has 0 atom stereocenters. The fraction of sp³-hybridized carbons (Fsp3) is 0.375. The first-order valence-electron chi connectivity index (χ1n) is 7.11. The zero-order chi connectivity index (χ0) is 18.3. The second-order valence-electron chi connectivity index (χ2n) is 4.20. The molecule has 4 nitrogen and oxygen atoms in total. The molecule has 0 spiro atoms. The number of hydrogen-bond acceptors (Lipinski definition) is 4. The van der Waals surface area contributed by atoms with Gasteiger partial charge in [0.2, 0.25) is 0 Å². The molecule has 8 heteroatoms. The van der Waals surface area contributed by atoms with E-state index in [2.05, 4.69) is 66.5 Å². The third-order valence-electron chi connectivity index (χ3n) is 2.10. The monoisotopic (exact) mass is 539 g/mol. The Morgan fingerprint density at radius 3 is 2.17 bits per heavy atom. The van der Waals surface area contributed by atoms with Crippen LogP contribution in [0.25, 0.3) is 0 Å². The van der Waals surface area contributed by atoms with Crippen molar-refractivity contribution >= 4 is 75.4 Å². The summed E-state index contributed by atoms with van der Waals surface area (Å²) in [5.41, 5.74) is 5.41. The average molecular weight is 540 g/mol. The normalized spacial score (nSPS) is 10.2. The standard InChI is InChI=1S/C8H7BrClN3OS.2C4H9.Sn/c9-6-2-5(10)1-4(7(6)14)3-12-13-8(11)15;2*1-3-4-2;/h1-3,14H,(H3,11,13,15);2*1,3-4H2,2H3;/q;;;+2/p-2/b12-3+;;;. The van der Waals surface area contributed by atoms with Crippen LogP contribution in [0, 0.1) is 13.8 Å². The summed E-state index contributed by atoms with van der Waals surface area (Å²) in [6, 6.07) is 2.99. The van der Waals surface area contributed by atoms with Crippen LogP contribution in [-0.4, -0.2) is 35.3 Å². The molecular formula is C16H23BrClN3OSSn. The number of rotatable bonds is 4. The van der Waals surface area contributed by atoms with Crippen LogP contribution in [0.15, 0.2) is 26.8 Å². The van der Waals surface area contributed by atoms with E-state index in [-0.39, 0.29) is 34.8 Å². The van der Waals surface area contributed by atoms with Gasteiger partial charge in [0.1, 0.15) is 0 Å². The van der Waals surface area contributed by atoms with Crippen LogP contribution in [0.5, 0.6) is 5.75 Å². The molecule has 0 aromatic heterocycles. The minimum Gasteiger partial charge on any atom is -0.871 e. The van der Waals surface area contributed by atoms with Crippen molar-refractivity contribution in [1.82, 2.24) is 0 Å². The topological polar surface area (TPSA) is 73.8 Å². The van der Waals surface area contributed by atoms with E-state index in [1.807, 2.05) is 0 Å². The van der Waals surface area contributed by atoms with E-state index in [1.165, 1.54) is 31.2 Å². The number of amidine groups is 1. The summed E-state index contributed by atoms with van der Waals surface area (Å²) in [5.74, 6) is -0.221. The van der Waals surface area contributed by atoms with E-state index >= 15 is 0 Å². The van der Waals surface area contributed by atoms with Crippen molar-refractivity contribution < 1.29 is 5.11 Å². The quantitative estimate of drug-likeness (QED) is 0.205. The molecular weight excluding hydrogens is 516 g/mol. The molecule has 0 bridgehead atoms. The molecule has 1 aromatic carbocycles. The molecule has 2 N–H and O–H groups in total. The zero-order valence-corrected chi connectivity index (χ0v) is 20.0. The van der Waals surface area contributed by atoms with Crippen LogP contribution < -0.4 is 10.8 Å². The number of unbranched alkanes of at least 4 members (excludes halogenated alkanes) is 2. The first kappa shape index (κ1) is 28.7. The third kappa shape index (κ3) is 16.8. The molecule has 0 aliphatic carbocycles. The van der Waals surface area contributed by atoms with Gasteiger partial charge in [0, 0.05) is 9.50 Å². The molecule has 0 fully saturated rings. The van der Waals surface area contributed by atoms with Crippen LogP contribution in [0.1, 0.15) is 45.1 Å². The molecule has 24 heavy (non-hydrogen) atoms. The van der Waals surface area contributed by atoms with Gasteiger partial charge in [0.25, 0.3) is 0 Å². The molecule has 0 saturated heterocycles. The van der Waals surface area contributed by atoms with Gasteiger partial charge in [-0.25, -0.2) is 0 Å². The van der Waals surface area contributed by atoms with Gasteiger partial charge < -0.3 is 23.5 Å². The SMILES string of the molecule is NC([S-])=N/N=C/c1cc(Cl)cc(Br)c1[O-].[CH2]CCC.[CH2]CCC.[Sn+2]. The maximum absolute atomic E-state index is 11.5. The van der Waals surface area contributed by atoms with Crippen molar-refractivity contribution in [3.63, 3.8) is 0 Å². The molecule has 0 aliphatic heterocycles. The molecule has 4 radical (unpaired) electrons. The van der Waals surface area contributed by atoms with Gasteiger partial charge in [-0.05, 0) is 22.9 Å². The Balaban J connectivity index is -0.000000413. The van der Waals surface area contributed by atoms with Crippen LogP contribution in [-0.2, 0) is 12.6 Å². The van der Waals surface area contributed by atoms with E-state index in [0.717, 1.165) is 12.8 Å². The van der Waals surface area contributed by atoms with Crippen molar-refractivity contribution in [2.24, 2.45) is 15.9 Å². The Morgan fingerprint density at radius 2 is 1.79 bits per heavy atom. The van der Waals surface area contributed by atoms with Crippen molar-refractivity contribution in [2.75, 3.05) is 0 Å². The molecule has 0 aliphatic rings. The molecule has 0 amide bonds. The van der Waals surface area contributed by atoms with Crippen LogP contribution in [0.3, 0.4) is 0 Å². The number of nitrogens with zero attached hydrogens (tertiary/aromatic N) is 2. The van der Waals surface area contributed by atoms with Gasteiger partial charge in [-0.1, -0.05) is 86.7 Å². The Kier molecular flexibility index (Phi) is 23.1. The predicted molar refractivity (Wildman–Crippen MR) is 111 cm³/mol. The molecule has 0 saturated carbocycles. The first-order chi connectivity index (χ1) is 10.8. The van der Waals surface area contributed by atoms with E-state index in [1.54, 1.807) is 0 Å². The Bertz CT molecular complexity index is 490. The van der Waals surface area contributed by atoms with E-state index in [4.69, 9.17) is 17.3 Å². The van der Waals surface area contributed by atoms with Crippen LogP contribution >= 0.6 is 27.5 Å². The molecule has 1 rings (SSSR count). The number of halogens is 2. The fourth-order valence-corrected chi connectivity index (χ4v) is 1.71. The largest absolute Gasteiger partial charge is 2.00 e. The molecule has 0 heterocycles. The minimum absolute atomic E-state index is 0. The molecule has 132 valence electrons. The predicted octanol–water partition coefficient (Wildman–Crippen LogP) is 4.23. The fourth-order valence-electron chi connectivity index (χ4n) is 0.824.